The summed E-state index contributed by atoms with van der Waals surface area (Å²) in [5.41, 5.74) is 10.9. The summed E-state index contributed by atoms with van der Waals surface area (Å²) in [5.74, 6) is -1.81. The van der Waals surface area contributed by atoms with Crippen LogP contribution in [0.3, 0.4) is 0 Å². The van der Waals surface area contributed by atoms with Gasteiger partial charge in [0, 0.05) is 6.54 Å². The van der Waals surface area contributed by atoms with Gasteiger partial charge in [-0.2, -0.15) is 11.8 Å². The largest absolute Gasteiger partial charge is 0.480 e. The molecule has 3 atom stereocenters. The number of carbonyl (C=O) groups excluding carboxylic acids is 3. The number of rotatable bonds is 13. The highest BCUT2D eigenvalue weighted by molar-refractivity contribution is 7.98. The van der Waals surface area contributed by atoms with Gasteiger partial charge < -0.3 is 32.1 Å². The molecule has 0 saturated carbocycles. The molecule has 11 heteroatoms. The summed E-state index contributed by atoms with van der Waals surface area (Å²) in [7, 11) is 0. The Labute approximate surface area is 175 Å². The number of nitrogens with two attached hydrogens (primary N) is 2. The van der Waals surface area contributed by atoms with Crippen LogP contribution >= 0.6 is 11.8 Å². The molecule has 1 rings (SSSR count). The fraction of sp³-hybridized carbons (Fsp3) is 0.778. The zero-order chi connectivity index (χ0) is 21.8. The van der Waals surface area contributed by atoms with Crippen LogP contribution in [0.4, 0.5) is 0 Å². The first-order valence-electron chi connectivity index (χ1n) is 9.87. The molecule has 0 spiro atoms. The Balaban J connectivity index is 2.82. The highest BCUT2D eigenvalue weighted by atomic mass is 32.2. The monoisotopic (exact) mass is 431 g/mol. The van der Waals surface area contributed by atoms with E-state index in [0.29, 0.717) is 50.9 Å². The van der Waals surface area contributed by atoms with E-state index in [4.69, 9.17) is 11.5 Å². The van der Waals surface area contributed by atoms with Crippen molar-refractivity contribution >= 4 is 35.5 Å². The molecule has 29 heavy (non-hydrogen) atoms. The summed E-state index contributed by atoms with van der Waals surface area (Å²) in [6.07, 6.45) is 4.94. The molecule has 3 unspecified atom stereocenters. The molecule has 0 bridgehead atoms. The number of carboxylic acid groups (broad SMARTS) is 1. The number of likely N-dealkylation sites (tertiary alicyclic amines) is 1. The number of carbonyl (C=O) groups is 4. The fourth-order valence-corrected chi connectivity index (χ4v) is 3.72. The predicted octanol–water partition coefficient (Wildman–Crippen LogP) is -1.13. The van der Waals surface area contributed by atoms with Crippen molar-refractivity contribution in [2.45, 2.75) is 56.7 Å². The molecule has 1 aliphatic heterocycles. The van der Waals surface area contributed by atoms with E-state index in [1.54, 1.807) is 0 Å². The highest BCUT2D eigenvalue weighted by Gasteiger charge is 2.35. The Hall–Kier alpha value is -1.85. The number of amides is 3. The smallest absolute Gasteiger partial charge is 0.326 e. The number of unbranched alkanes of at least 4 members (excludes halogenated alkanes) is 1. The second-order valence-electron chi connectivity index (χ2n) is 6.98. The van der Waals surface area contributed by atoms with E-state index in [1.165, 1.54) is 16.7 Å². The van der Waals surface area contributed by atoms with Gasteiger partial charge in [0.2, 0.25) is 17.7 Å². The van der Waals surface area contributed by atoms with E-state index in [9.17, 15) is 24.3 Å². The van der Waals surface area contributed by atoms with Gasteiger partial charge in [-0.05, 0) is 57.1 Å². The van der Waals surface area contributed by atoms with Gasteiger partial charge in [-0.25, -0.2) is 4.79 Å². The van der Waals surface area contributed by atoms with E-state index >= 15 is 0 Å². The average Bonchev–Trinajstić information content (AvgIpc) is 3.19. The lowest BCUT2D eigenvalue weighted by Crippen LogP contribution is -2.55. The van der Waals surface area contributed by atoms with Gasteiger partial charge >= 0.3 is 5.97 Å². The van der Waals surface area contributed by atoms with Crippen molar-refractivity contribution in [2.24, 2.45) is 11.5 Å². The molecule has 166 valence electrons. The summed E-state index contributed by atoms with van der Waals surface area (Å²) in [6.45, 7) is 0.725. The van der Waals surface area contributed by atoms with Gasteiger partial charge in [-0.15, -0.1) is 0 Å². The highest BCUT2D eigenvalue weighted by Crippen LogP contribution is 2.18. The molecule has 0 aliphatic carbocycles. The number of carboxylic acids is 1. The van der Waals surface area contributed by atoms with Gasteiger partial charge in [-0.3, -0.25) is 14.4 Å². The first kappa shape index (κ1) is 25.2. The summed E-state index contributed by atoms with van der Waals surface area (Å²) in [4.78, 5) is 50.3. The molecule has 0 aromatic rings. The minimum Gasteiger partial charge on any atom is -0.480 e. The molecule has 1 fully saturated rings. The number of hydrogen-bond acceptors (Lipinski definition) is 7. The maximum absolute atomic E-state index is 12.7. The second kappa shape index (κ2) is 13.4. The summed E-state index contributed by atoms with van der Waals surface area (Å²) >= 11 is 1.49. The molecule has 7 N–H and O–H groups in total. The molecule has 1 aliphatic rings. The van der Waals surface area contributed by atoms with Crippen LogP contribution in [0.15, 0.2) is 0 Å². The minimum atomic E-state index is -1.12. The number of aliphatic carboxylic acids is 1. The van der Waals surface area contributed by atoms with E-state index in [-0.39, 0.29) is 18.9 Å². The van der Waals surface area contributed by atoms with Crippen LogP contribution in [0.25, 0.3) is 0 Å². The molecular weight excluding hydrogens is 398 g/mol. The predicted molar refractivity (Wildman–Crippen MR) is 111 cm³/mol. The topological polar surface area (TPSA) is 168 Å². The maximum atomic E-state index is 12.7. The van der Waals surface area contributed by atoms with Crippen molar-refractivity contribution in [2.75, 3.05) is 31.6 Å². The van der Waals surface area contributed by atoms with Crippen LogP contribution in [-0.2, 0) is 19.2 Å². The molecule has 0 aromatic heterocycles. The normalized spacial score (nSPS) is 18.2. The van der Waals surface area contributed by atoms with Crippen LogP contribution in [0, 0.1) is 0 Å². The molecule has 0 radical (unpaired) electrons. The van der Waals surface area contributed by atoms with Gasteiger partial charge in [0.05, 0.1) is 6.54 Å². The van der Waals surface area contributed by atoms with Gasteiger partial charge in [0.25, 0.3) is 0 Å². The Kier molecular flexibility index (Phi) is 11.6. The van der Waals surface area contributed by atoms with Gasteiger partial charge in [0.1, 0.15) is 18.1 Å². The standard InChI is InChI=1S/C18H33N5O5S/c1-29-10-7-13(18(27)28)22-16(25)12(5-2-3-8-19)21-17(26)14-6-4-9-23(14)15(24)11-20/h12-14H,2-11,19-20H2,1H3,(H,21,26)(H,22,25)(H,27,28). The van der Waals surface area contributed by atoms with Crippen molar-refractivity contribution in [1.29, 1.82) is 0 Å². The summed E-state index contributed by atoms with van der Waals surface area (Å²) in [6, 6.07) is -2.58. The molecule has 0 aromatic carbocycles. The number of nitrogens with one attached hydrogen (secondary N) is 2. The molecule has 1 heterocycles. The van der Waals surface area contributed by atoms with Crippen molar-refractivity contribution in [1.82, 2.24) is 15.5 Å². The number of thioether (sulfide) groups is 1. The summed E-state index contributed by atoms with van der Waals surface area (Å²) in [5, 5.41) is 14.6. The van der Waals surface area contributed by atoms with Crippen molar-refractivity contribution in [3.8, 4) is 0 Å². The molecule has 10 nitrogen and oxygen atoms in total. The van der Waals surface area contributed by atoms with E-state index in [0.717, 1.165) is 0 Å². The van der Waals surface area contributed by atoms with Crippen molar-refractivity contribution in [3.05, 3.63) is 0 Å². The Bertz CT molecular complexity index is 577. The first-order chi connectivity index (χ1) is 13.8. The fourth-order valence-electron chi connectivity index (χ4n) is 3.25. The Morgan fingerprint density at radius 3 is 2.45 bits per heavy atom. The van der Waals surface area contributed by atoms with Crippen LogP contribution < -0.4 is 22.1 Å². The number of hydrogen-bond donors (Lipinski definition) is 5. The average molecular weight is 432 g/mol. The van der Waals surface area contributed by atoms with Crippen LogP contribution in [0.1, 0.15) is 38.5 Å². The molecule has 1 saturated heterocycles. The van der Waals surface area contributed by atoms with E-state index in [2.05, 4.69) is 10.6 Å². The minimum absolute atomic E-state index is 0.181. The summed E-state index contributed by atoms with van der Waals surface area (Å²) < 4.78 is 0. The first-order valence-corrected chi connectivity index (χ1v) is 11.3. The lowest BCUT2D eigenvalue weighted by atomic mass is 10.1. The maximum Gasteiger partial charge on any atom is 0.326 e. The van der Waals surface area contributed by atoms with Gasteiger partial charge in [-0.1, -0.05) is 0 Å². The zero-order valence-corrected chi connectivity index (χ0v) is 17.7. The van der Waals surface area contributed by atoms with E-state index in [1.807, 2.05) is 6.26 Å². The third kappa shape index (κ3) is 8.19. The van der Waals surface area contributed by atoms with Crippen molar-refractivity contribution in [3.63, 3.8) is 0 Å². The SMILES string of the molecule is CSCCC(NC(=O)C(CCCCN)NC(=O)C1CCCN1C(=O)CN)C(=O)O. The van der Waals surface area contributed by atoms with Gasteiger partial charge in [0.15, 0.2) is 0 Å². The lowest BCUT2D eigenvalue weighted by molar-refractivity contribution is -0.142. The quantitative estimate of drug-likeness (QED) is 0.228. The molecule has 3 amide bonds. The Morgan fingerprint density at radius 1 is 1.14 bits per heavy atom. The third-order valence-corrected chi connectivity index (χ3v) is 5.50. The van der Waals surface area contributed by atoms with Crippen molar-refractivity contribution < 1.29 is 24.3 Å². The number of nitrogens with zero attached hydrogens (tertiary/aromatic N) is 1. The third-order valence-electron chi connectivity index (χ3n) is 4.86. The molecular formula is C18H33N5O5S. The lowest BCUT2D eigenvalue weighted by Gasteiger charge is -2.26. The van der Waals surface area contributed by atoms with Crippen LogP contribution in [-0.4, -0.2) is 83.5 Å². The Morgan fingerprint density at radius 2 is 1.86 bits per heavy atom. The van der Waals surface area contributed by atoms with E-state index < -0.39 is 35.9 Å². The van der Waals surface area contributed by atoms with Crippen LogP contribution in [0.5, 0.6) is 0 Å². The van der Waals surface area contributed by atoms with Crippen LogP contribution in [0.2, 0.25) is 0 Å². The second-order valence-corrected chi connectivity index (χ2v) is 7.96. The zero-order valence-electron chi connectivity index (χ0n) is 16.9.